The molecule has 2 unspecified atom stereocenters. The lowest BCUT2D eigenvalue weighted by Crippen LogP contribution is -2.52. The Labute approximate surface area is 186 Å². The van der Waals surface area contributed by atoms with E-state index in [1.807, 2.05) is 30.3 Å². The standard InChI is InChI=1S/C20H32N6O6/c1-20(2,3)32-19(29)24-15(10-7-12-23-18(21)25-26(30)31)16(27)17(28)22-13-11-14-8-5-4-6-9-14/h4-6,8-9,15-16,27H,7,10-13H2,1-3H3,(H,22,28)(H,24,29)(H3,21,23,25). The predicted molar refractivity (Wildman–Crippen MR) is 118 cm³/mol. The molecule has 12 heteroatoms. The minimum absolute atomic E-state index is 0.172. The first-order valence-electron chi connectivity index (χ1n) is 10.2. The molecule has 0 aliphatic heterocycles. The molecule has 0 heterocycles. The van der Waals surface area contributed by atoms with Crippen LogP contribution in [0.5, 0.6) is 0 Å². The lowest BCUT2D eigenvalue weighted by Gasteiger charge is -2.26. The van der Waals surface area contributed by atoms with E-state index in [9.17, 15) is 24.8 Å². The number of amides is 2. The Hall–Kier alpha value is -3.41. The maximum absolute atomic E-state index is 12.4. The number of nitrogens with two attached hydrogens (primary N) is 1. The molecule has 0 saturated carbocycles. The Morgan fingerprint density at radius 3 is 2.47 bits per heavy atom. The Balaban J connectivity index is 2.64. The fraction of sp³-hybridized carbons (Fsp3) is 0.550. The molecule has 12 nitrogen and oxygen atoms in total. The van der Waals surface area contributed by atoms with E-state index >= 15 is 0 Å². The first kappa shape index (κ1) is 26.6. The van der Waals surface area contributed by atoms with E-state index in [2.05, 4.69) is 21.1 Å². The van der Waals surface area contributed by atoms with Gasteiger partial charge in [0.25, 0.3) is 11.9 Å². The second kappa shape index (κ2) is 13.1. The van der Waals surface area contributed by atoms with Crippen LogP contribution in [-0.2, 0) is 16.0 Å². The third kappa shape index (κ3) is 11.7. The van der Waals surface area contributed by atoms with Gasteiger partial charge in [0, 0.05) is 13.1 Å². The zero-order valence-corrected chi connectivity index (χ0v) is 18.5. The van der Waals surface area contributed by atoms with Crippen LogP contribution in [0, 0.1) is 10.1 Å². The summed E-state index contributed by atoms with van der Waals surface area (Å²) in [4.78, 5) is 34.9. The van der Waals surface area contributed by atoms with Crippen LogP contribution in [0.25, 0.3) is 0 Å². The quantitative estimate of drug-likeness (QED) is 0.106. The van der Waals surface area contributed by atoms with Crippen molar-refractivity contribution in [3.05, 3.63) is 46.0 Å². The number of aliphatic hydroxyl groups excluding tert-OH is 1. The number of alkyl carbamates (subject to hydrolysis) is 1. The topological polar surface area (TPSA) is 181 Å². The van der Waals surface area contributed by atoms with E-state index in [1.165, 1.54) is 0 Å². The Morgan fingerprint density at radius 2 is 1.88 bits per heavy atom. The van der Waals surface area contributed by atoms with Gasteiger partial charge in [-0.15, -0.1) is 0 Å². The molecule has 1 aromatic rings. The van der Waals surface area contributed by atoms with Crippen LogP contribution in [0.15, 0.2) is 35.4 Å². The molecule has 0 bridgehead atoms. The second-order valence-electron chi connectivity index (χ2n) is 8.02. The number of ether oxygens (including phenoxy) is 1. The molecular weight excluding hydrogens is 420 g/mol. The minimum atomic E-state index is -1.52. The average Bonchev–Trinajstić information content (AvgIpc) is 2.68. The molecule has 6 N–H and O–H groups in total. The van der Waals surface area contributed by atoms with Gasteiger partial charge >= 0.3 is 6.09 Å². The molecular formula is C20H32N6O6. The van der Waals surface area contributed by atoms with E-state index in [-0.39, 0.29) is 18.9 Å². The molecule has 0 saturated heterocycles. The number of carbonyl (C=O) groups excluding carboxylic acids is 2. The van der Waals surface area contributed by atoms with E-state index < -0.39 is 34.8 Å². The van der Waals surface area contributed by atoms with Crippen molar-refractivity contribution >= 4 is 18.0 Å². The summed E-state index contributed by atoms with van der Waals surface area (Å²) in [6, 6.07) is 8.59. The highest BCUT2D eigenvalue weighted by Gasteiger charge is 2.29. The van der Waals surface area contributed by atoms with Crippen molar-refractivity contribution in [3.63, 3.8) is 0 Å². The fourth-order valence-electron chi connectivity index (χ4n) is 2.69. The van der Waals surface area contributed by atoms with Crippen LogP contribution in [0.3, 0.4) is 0 Å². The van der Waals surface area contributed by atoms with Crippen molar-refractivity contribution in [2.24, 2.45) is 10.8 Å². The summed E-state index contributed by atoms with van der Waals surface area (Å²) in [6.07, 6.45) is -1.22. The van der Waals surface area contributed by atoms with Gasteiger partial charge in [0.1, 0.15) is 10.7 Å². The molecule has 32 heavy (non-hydrogen) atoms. The minimum Gasteiger partial charge on any atom is -0.444 e. The number of rotatable bonds is 11. The van der Waals surface area contributed by atoms with Gasteiger partial charge in [0.15, 0.2) is 11.1 Å². The van der Waals surface area contributed by atoms with Crippen molar-refractivity contribution in [2.45, 2.75) is 57.8 Å². The van der Waals surface area contributed by atoms with Gasteiger partial charge < -0.3 is 31.5 Å². The monoisotopic (exact) mass is 452 g/mol. The first-order valence-corrected chi connectivity index (χ1v) is 10.2. The maximum Gasteiger partial charge on any atom is 0.407 e. The number of nitrogens with zero attached hydrogens (tertiary/aromatic N) is 2. The van der Waals surface area contributed by atoms with Crippen molar-refractivity contribution in [2.75, 3.05) is 13.1 Å². The molecule has 2 atom stereocenters. The first-order chi connectivity index (χ1) is 15.0. The SMILES string of the molecule is CC(C)(C)OC(=O)NC(CCCN/C(N)=N/[N+](=O)[O-])C(O)C(=O)NCCc1ccccc1. The van der Waals surface area contributed by atoms with Gasteiger partial charge in [-0.25, -0.2) is 14.9 Å². The number of carbonyl (C=O) groups is 2. The van der Waals surface area contributed by atoms with Crippen LogP contribution in [0.1, 0.15) is 39.2 Å². The summed E-state index contributed by atoms with van der Waals surface area (Å²) in [5.41, 5.74) is 5.62. The van der Waals surface area contributed by atoms with Crippen LogP contribution >= 0.6 is 0 Å². The largest absolute Gasteiger partial charge is 0.444 e. The van der Waals surface area contributed by atoms with E-state index in [1.54, 1.807) is 20.8 Å². The highest BCUT2D eigenvalue weighted by atomic mass is 16.7. The fourth-order valence-corrected chi connectivity index (χ4v) is 2.69. The molecule has 1 rings (SSSR count). The molecule has 0 aromatic heterocycles. The molecule has 178 valence electrons. The molecule has 2 amide bonds. The Morgan fingerprint density at radius 1 is 1.22 bits per heavy atom. The molecule has 0 spiro atoms. The number of nitro groups is 1. The third-order valence-electron chi connectivity index (χ3n) is 4.10. The highest BCUT2D eigenvalue weighted by molar-refractivity contribution is 5.82. The maximum atomic E-state index is 12.4. The van der Waals surface area contributed by atoms with Gasteiger partial charge in [-0.2, -0.15) is 0 Å². The van der Waals surface area contributed by atoms with E-state index in [0.717, 1.165) is 5.56 Å². The summed E-state index contributed by atoms with van der Waals surface area (Å²) in [7, 11) is 0. The number of hydrazone groups is 1. The number of benzene rings is 1. The third-order valence-corrected chi connectivity index (χ3v) is 4.10. The van der Waals surface area contributed by atoms with Gasteiger partial charge in [-0.3, -0.25) is 4.79 Å². The van der Waals surface area contributed by atoms with Gasteiger partial charge in [0.05, 0.1) is 6.04 Å². The zero-order chi connectivity index (χ0) is 24.1. The van der Waals surface area contributed by atoms with Crippen molar-refractivity contribution < 1.29 is 24.5 Å². The summed E-state index contributed by atoms with van der Waals surface area (Å²) < 4.78 is 5.20. The van der Waals surface area contributed by atoms with Crippen LogP contribution < -0.4 is 21.7 Å². The Bertz CT molecular complexity index is 781. The summed E-state index contributed by atoms with van der Waals surface area (Å²) in [5, 5.41) is 30.5. The molecule has 1 aromatic carbocycles. The van der Waals surface area contributed by atoms with Crippen LogP contribution in [0.4, 0.5) is 4.79 Å². The van der Waals surface area contributed by atoms with Crippen molar-refractivity contribution in [3.8, 4) is 0 Å². The number of hydrogen-bond donors (Lipinski definition) is 5. The van der Waals surface area contributed by atoms with E-state index in [4.69, 9.17) is 10.5 Å². The van der Waals surface area contributed by atoms with Crippen LogP contribution in [0.2, 0.25) is 0 Å². The molecule has 0 radical (unpaired) electrons. The summed E-state index contributed by atoms with van der Waals surface area (Å²) >= 11 is 0. The normalized spacial score (nSPS) is 13.6. The lowest BCUT2D eigenvalue weighted by atomic mass is 10.0. The summed E-state index contributed by atoms with van der Waals surface area (Å²) in [6.45, 7) is 5.56. The van der Waals surface area contributed by atoms with Crippen molar-refractivity contribution in [1.29, 1.82) is 0 Å². The zero-order valence-electron chi connectivity index (χ0n) is 18.5. The van der Waals surface area contributed by atoms with Gasteiger partial charge in [0.2, 0.25) is 0 Å². The highest BCUT2D eigenvalue weighted by Crippen LogP contribution is 2.09. The number of guanidine groups is 1. The number of hydrogen-bond acceptors (Lipinski definition) is 6. The number of nitrogens with one attached hydrogen (secondary N) is 3. The van der Waals surface area contributed by atoms with Crippen molar-refractivity contribution in [1.82, 2.24) is 16.0 Å². The lowest BCUT2D eigenvalue weighted by molar-refractivity contribution is -0.485. The van der Waals surface area contributed by atoms with Gasteiger partial charge in [-0.05, 0) is 45.6 Å². The van der Waals surface area contributed by atoms with E-state index in [0.29, 0.717) is 19.4 Å². The Kier molecular flexibility index (Phi) is 10.9. The van der Waals surface area contributed by atoms with Gasteiger partial charge in [-0.1, -0.05) is 30.3 Å². The average molecular weight is 453 g/mol. The second-order valence-corrected chi connectivity index (χ2v) is 8.02. The molecule has 0 aliphatic carbocycles. The summed E-state index contributed by atoms with van der Waals surface area (Å²) in [5.74, 6) is -1.00. The molecule has 0 fully saturated rings. The number of aliphatic hydroxyl groups is 1. The smallest absolute Gasteiger partial charge is 0.407 e. The molecule has 0 aliphatic rings. The predicted octanol–water partition coefficient (Wildman–Crippen LogP) is 0.476. The van der Waals surface area contributed by atoms with Crippen LogP contribution in [-0.4, -0.2) is 58.9 Å².